The van der Waals surface area contributed by atoms with Gasteiger partial charge in [0.05, 0.1) is 0 Å². The molecule has 10 rings (SSSR count). The predicted octanol–water partition coefficient (Wildman–Crippen LogP) is 13.2. The van der Waals surface area contributed by atoms with E-state index < -0.39 is 0 Å². The molecule has 3 nitrogen and oxygen atoms in total. The van der Waals surface area contributed by atoms with Gasteiger partial charge in [0.1, 0.15) is 11.2 Å². The second kappa shape index (κ2) is 11.5. The molecule has 0 aliphatic carbocycles. The van der Waals surface area contributed by atoms with Crippen molar-refractivity contribution in [1.29, 1.82) is 0 Å². The van der Waals surface area contributed by atoms with E-state index in [1.165, 1.54) is 54.6 Å². The predicted molar refractivity (Wildman–Crippen MR) is 210 cm³/mol. The Bertz CT molecular complexity index is 2850. The molecule has 0 N–H and O–H groups in total. The van der Waals surface area contributed by atoms with E-state index in [0.717, 1.165) is 39.0 Å². The quantitative estimate of drug-likeness (QED) is 0.176. The van der Waals surface area contributed by atoms with E-state index in [4.69, 9.17) is 4.42 Å². The van der Waals surface area contributed by atoms with Gasteiger partial charge in [-0.2, -0.15) is 0 Å². The van der Waals surface area contributed by atoms with Crippen molar-refractivity contribution >= 4 is 71.3 Å². The molecule has 0 amide bonds. The van der Waals surface area contributed by atoms with Crippen LogP contribution in [0.15, 0.2) is 187 Å². The van der Waals surface area contributed by atoms with Crippen molar-refractivity contribution in [2.75, 3.05) is 4.90 Å². The second-order valence-electron chi connectivity index (χ2n) is 12.8. The van der Waals surface area contributed by atoms with Crippen LogP contribution in [0.1, 0.15) is 0 Å². The van der Waals surface area contributed by atoms with Gasteiger partial charge in [0.2, 0.25) is 0 Å². The Morgan fingerprint density at radius 2 is 0.940 bits per heavy atom. The number of hydrogen-bond donors (Lipinski definition) is 0. The van der Waals surface area contributed by atoms with Gasteiger partial charge in [-0.1, -0.05) is 115 Å². The van der Waals surface area contributed by atoms with E-state index in [9.17, 15) is 0 Å². The third-order valence-electron chi connectivity index (χ3n) is 9.95. The molecule has 0 bridgehead atoms. The van der Waals surface area contributed by atoms with Crippen LogP contribution in [0.4, 0.5) is 17.1 Å². The summed E-state index contributed by atoms with van der Waals surface area (Å²) >= 11 is 0. The molecule has 2 aromatic heterocycles. The summed E-state index contributed by atoms with van der Waals surface area (Å²) in [5.41, 5.74) is 9.58. The van der Waals surface area contributed by atoms with E-state index >= 15 is 0 Å². The lowest BCUT2D eigenvalue weighted by Crippen LogP contribution is -2.09. The van der Waals surface area contributed by atoms with Crippen LogP contribution in [-0.2, 0) is 0 Å². The Morgan fingerprint density at radius 1 is 0.360 bits per heavy atom. The van der Waals surface area contributed by atoms with Gasteiger partial charge < -0.3 is 9.32 Å². The zero-order valence-corrected chi connectivity index (χ0v) is 27.1. The molecule has 0 saturated carbocycles. The van der Waals surface area contributed by atoms with Gasteiger partial charge in [0.25, 0.3) is 0 Å². The summed E-state index contributed by atoms with van der Waals surface area (Å²) in [6.07, 6.45) is 3.64. The molecule has 2 heterocycles. The summed E-state index contributed by atoms with van der Waals surface area (Å²) in [6.45, 7) is 0. The van der Waals surface area contributed by atoms with Gasteiger partial charge in [0, 0.05) is 46.3 Å². The van der Waals surface area contributed by atoms with E-state index in [-0.39, 0.29) is 0 Å². The normalized spacial score (nSPS) is 11.6. The number of rotatable bonds is 5. The lowest BCUT2D eigenvalue weighted by Gasteiger charge is -2.26. The number of nitrogens with zero attached hydrogens (tertiary/aromatic N) is 2. The molecule has 0 saturated heterocycles. The minimum atomic E-state index is 0.837. The van der Waals surface area contributed by atoms with Crippen molar-refractivity contribution in [3.05, 3.63) is 182 Å². The van der Waals surface area contributed by atoms with Crippen LogP contribution in [0.25, 0.3) is 76.5 Å². The van der Waals surface area contributed by atoms with Crippen molar-refractivity contribution < 1.29 is 4.42 Å². The van der Waals surface area contributed by atoms with Gasteiger partial charge in [-0.05, 0) is 103 Å². The molecular formula is C47H30N2O. The molecule has 234 valence electrons. The maximum atomic E-state index is 6.29. The molecule has 8 aromatic carbocycles. The van der Waals surface area contributed by atoms with E-state index in [1.807, 2.05) is 12.3 Å². The molecule has 0 unspecified atom stereocenters. The molecule has 0 radical (unpaired) electrons. The van der Waals surface area contributed by atoms with Crippen LogP contribution in [-0.4, -0.2) is 4.98 Å². The van der Waals surface area contributed by atoms with E-state index in [2.05, 4.69) is 174 Å². The number of benzene rings is 8. The fraction of sp³-hybridized carbons (Fsp3) is 0. The average molecular weight is 639 g/mol. The minimum absolute atomic E-state index is 0.837. The highest BCUT2D eigenvalue weighted by Crippen LogP contribution is 2.40. The van der Waals surface area contributed by atoms with Crippen molar-refractivity contribution in [3.8, 4) is 22.3 Å². The van der Waals surface area contributed by atoms with Gasteiger partial charge in [-0.25, -0.2) is 0 Å². The highest BCUT2D eigenvalue weighted by Gasteiger charge is 2.16. The lowest BCUT2D eigenvalue weighted by molar-refractivity contribution is 0.668. The standard InChI is InChI=1S/C47H30N2O/c1-2-6-31(7-3-1)32-12-18-37(19-13-32)49(39-22-25-43-45-30-48-27-26-46(45)50-47(43)29-39)38-20-14-33(15-21-38)36-11-10-35-17-23-41-40-9-5-4-8-34(40)16-24-42(41)44(35)28-36/h1-30H. The number of furan rings is 1. The van der Waals surface area contributed by atoms with Crippen LogP contribution in [0.5, 0.6) is 0 Å². The summed E-state index contributed by atoms with van der Waals surface area (Å²) in [5, 5.41) is 9.71. The third-order valence-corrected chi connectivity index (χ3v) is 9.95. The van der Waals surface area contributed by atoms with Crippen molar-refractivity contribution in [1.82, 2.24) is 4.98 Å². The molecule has 50 heavy (non-hydrogen) atoms. The molecule has 0 aliphatic rings. The number of pyridine rings is 1. The first-order valence-corrected chi connectivity index (χ1v) is 16.9. The number of anilines is 3. The van der Waals surface area contributed by atoms with Gasteiger partial charge >= 0.3 is 0 Å². The Labute approximate surface area is 289 Å². The molecule has 0 spiro atoms. The Morgan fingerprint density at radius 3 is 1.72 bits per heavy atom. The smallest absolute Gasteiger partial charge is 0.138 e. The highest BCUT2D eigenvalue weighted by molar-refractivity contribution is 6.17. The summed E-state index contributed by atoms with van der Waals surface area (Å²) in [7, 11) is 0. The molecular weight excluding hydrogens is 609 g/mol. The zero-order valence-electron chi connectivity index (χ0n) is 27.1. The van der Waals surface area contributed by atoms with Crippen LogP contribution in [0.2, 0.25) is 0 Å². The van der Waals surface area contributed by atoms with Gasteiger partial charge in [-0.15, -0.1) is 0 Å². The van der Waals surface area contributed by atoms with Gasteiger partial charge in [0.15, 0.2) is 0 Å². The number of aromatic nitrogens is 1. The topological polar surface area (TPSA) is 29.3 Å². The van der Waals surface area contributed by atoms with Crippen LogP contribution in [0, 0.1) is 0 Å². The summed E-state index contributed by atoms with van der Waals surface area (Å²) in [6, 6.07) is 61.0. The maximum Gasteiger partial charge on any atom is 0.138 e. The first kappa shape index (κ1) is 28.3. The third kappa shape index (κ3) is 4.71. The largest absolute Gasteiger partial charge is 0.456 e. The molecule has 3 heteroatoms. The van der Waals surface area contributed by atoms with Crippen molar-refractivity contribution in [3.63, 3.8) is 0 Å². The summed E-state index contributed by atoms with van der Waals surface area (Å²) in [5.74, 6) is 0. The Hall–Kier alpha value is -6.71. The summed E-state index contributed by atoms with van der Waals surface area (Å²) in [4.78, 5) is 6.62. The van der Waals surface area contributed by atoms with Crippen molar-refractivity contribution in [2.24, 2.45) is 0 Å². The molecule has 0 atom stereocenters. The monoisotopic (exact) mass is 638 g/mol. The Balaban J connectivity index is 1.07. The first-order valence-electron chi connectivity index (χ1n) is 16.9. The fourth-order valence-electron chi connectivity index (χ4n) is 7.43. The van der Waals surface area contributed by atoms with Crippen LogP contribution < -0.4 is 4.90 Å². The van der Waals surface area contributed by atoms with Crippen LogP contribution in [0.3, 0.4) is 0 Å². The lowest BCUT2D eigenvalue weighted by atomic mass is 9.94. The number of fused-ring (bicyclic) bond motifs is 8. The second-order valence-corrected chi connectivity index (χ2v) is 12.8. The molecule has 10 aromatic rings. The Kier molecular flexibility index (Phi) is 6.49. The summed E-state index contributed by atoms with van der Waals surface area (Å²) < 4.78 is 6.29. The number of hydrogen-bond acceptors (Lipinski definition) is 3. The zero-order chi connectivity index (χ0) is 33.0. The highest BCUT2D eigenvalue weighted by atomic mass is 16.3. The molecule has 0 fully saturated rings. The van der Waals surface area contributed by atoms with E-state index in [1.54, 1.807) is 6.20 Å². The van der Waals surface area contributed by atoms with Crippen LogP contribution >= 0.6 is 0 Å². The van der Waals surface area contributed by atoms with Gasteiger partial charge in [-0.3, -0.25) is 4.98 Å². The minimum Gasteiger partial charge on any atom is -0.456 e. The first-order chi connectivity index (χ1) is 24.8. The fourth-order valence-corrected chi connectivity index (χ4v) is 7.43. The van der Waals surface area contributed by atoms with Crippen molar-refractivity contribution in [2.45, 2.75) is 0 Å². The molecule has 0 aliphatic heterocycles. The van der Waals surface area contributed by atoms with E-state index in [0.29, 0.717) is 0 Å². The maximum absolute atomic E-state index is 6.29. The average Bonchev–Trinajstić information content (AvgIpc) is 3.56. The SMILES string of the molecule is c1ccc(-c2ccc(N(c3ccc(-c4ccc5ccc6c7ccccc7ccc6c5c4)cc3)c3ccc4c(c3)oc3ccncc34)cc2)cc1.